The number of likely N-dealkylation sites (tertiary alicyclic amines) is 1. The number of nitriles is 1. The van der Waals surface area contributed by atoms with Crippen LogP contribution in [-0.2, 0) is 0 Å². The highest BCUT2D eigenvalue weighted by Crippen LogP contribution is 2.25. The molecule has 34 heavy (non-hydrogen) atoms. The summed E-state index contributed by atoms with van der Waals surface area (Å²) < 4.78 is 6.00. The van der Waals surface area contributed by atoms with Crippen LogP contribution in [0.1, 0.15) is 28.8 Å². The molecule has 1 aliphatic rings. The topological polar surface area (TPSA) is 118 Å². The molecule has 1 saturated heterocycles. The standard InChI is InChI=1S/C25H25ClN4O4/c26-23-11-19(6-5-16(23)12-27)34-18-7-9-30(10-8-18)15-17(31)13-28-25(33)22-14-29-24(32)21-4-2-1-3-20(21)22/h1-6,11,14,17-18,31H,7-10,13,15H2,(H,28,33)(H,29,32). The molecule has 1 aliphatic heterocycles. The molecule has 1 aromatic heterocycles. The Morgan fingerprint density at radius 2 is 2.00 bits per heavy atom. The van der Waals surface area contributed by atoms with E-state index in [1.54, 1.807) is 42.5 Å². The van der Waals surface area contributed by atoms with Gasteiger partial charge >= 0.3 is 0 Å². The van der Waals surface area contributed by atoms with Crippen molar-refractivity contribution in [1.82, 2.24) is 15.2 Å². The van der Waals surface area contributed by atoms with Crippen LogP contribution in [-0.4, -0.2) is 59.3 Å². The van der Waals surface area contributed by atoms with Crippen LogP contribution in [0.25, 0.3) is 10.8 Å². The number of aliphatic hydroxyl groups is 1. The van der Waals surface area contributed by atoms with Crippen LogP contribution in [0.4, 0.5) is 0 Å². The van der Waals surface area contributed by atoms with Crippen LogP contribution >= 0.6 is 11.6 Å². The highest BCUT2D eigenvalue weighted by atomic mass is 35.5. The number of nitrogens with one attached hydrogen (secondary N) is 2. The van der Waals surface area contributed by atoms with Crippen molar-refractivity contribution in [3.05, 3.63) is 75.2 Å². The molecular weight excluding hydrogens is 456 g/mol. The fourth-order valence-electron chi connectivity index (χ4n) is 4.13. The number of amides is 1. The Morgan fingerprint density at radius 1 is 1.26 bits per heavy atom. The molecule has 1 unspecified atom stereocenters. The first kappa shape index (κ1) is 23.8. The number of fused-ring (bicyclic) bond motifs is 1. The fraction of sp³-hybridized carbons (Fsp3) is 0.320. The number of piperidine rings is 1. The number of aromatic amines is 1. The number of nitrogens with zero attached hydrogens (tertiary/aromatic N) is 2. The number of carbonyl (C=O) groups excluding carboxylic acids is 1. The number of hydrogen-bond donors (Lipinski definition) is 3. The quantitative estimate of drug-likeness (QED) is 0.478. The predicted molar refractivity (Wildman–Crippen MR) is 129 cm³/mol. The zero-order valence-corrected chi connectivity index (χ0v) is 19.2. The Labute approximate surface area is 201 Å². The summed E-state index contributed by atoms with van der Waals surface area (Å²) in [5.41, 5.74) is 0.531. The Bertz CT molecular complexity index is 1280. The van der Waals surface area contributed by atoms with Crippen LogP contribution in [0.15, 0.2) is 53.5 Å². The van der Waals surface area contributed by atoms with Crippen molar-refractivity contribution in [2.24, 2.45) is 0 Å². The Hall–Kier alpha value is -3.38. The second kappa shape index (κ2) is 10.7. The molecule has 4 rings (SSSR count). The molecule has 1 amide bonds. The van der Waals surface area contributed by atoms with Gasteiger partial charge in [0, 0.05) is 49.2 Å². The van der Waals surface area contributed by atoms with Gasteiger partial charge in [-0.15, -0.1) is 0 Å². The third-order valence-electron chi connectivity index (χ3n) is 5.92. The van der Waals surface area contributed by atoms with Crippen molar-refractivity contribution in [3.8, 4) is 11.8 Å². The number of benzene rings is 2. The summed E-state index contributed by atoms with van der Waals surface area (Å²) in [5.74, 6) is 0.291. The van der Waals surface area contributed by atoms with E-state index in [2.05, 4.69) is 15.2 Å². The van der Waals surface area contributed by atoms with E-state index >= 15 is 0 Å². The Balaban J connectivity index is 1.24. The molecule has 0 saturated carbocycles. The van der Waals surface area contributed by atoms with Gasteiger partial charge < -0.3 is 25.0 Å². The third-order valence-corrected chi connectivity index (χ3v) is 6.23. The minimum atomic E-state index is -0.729. The van der Waals surface area contributed by atoms with Crippen LogP contribution in [0, 0.1) is 11.3 Å². The van der Waals surface area contributed by atoms with Crippen LogP contribution in [0.3, 0.4) is 0 Å². The Morgan fingerprint density at radius 3 is 2.71 bits per heavy atom. The zero-order valence-electron chi connectivity index (χ0n) is 18.5. The summed E-state index contributed by atoms with van der Waals surface area (Å²) >= 11 is 6.07. The normalized spacial score (nSPS) is 15.6. The van der Waals surface area contributed by atoms with Crippen molar-refractivity contribution in [3.63, 3.8) is 0 Å². The summed E-state index contributed by atoms with van der Waals surface area (Å²) in [6.45, 7) is 2.04. The maximum atomic E-state index is 12.6. The molecule has 1 atom stereocenters. The van der Waals surface area contributed by atoms with Crippen LogP contribution < -0.4 is 15.6 Å². The average molecular weight is 481 g/mol. The number of rotatable bonds is 7. The van der Waals surface area contributed by atoms with E-state index in [4.69, 9.17) is 21.6 Å². The predicted octanol–water partition coefficient (Wildman–Crippen LogP) is 2.69. The molecular formula is C25H25ClN4O4. The van der Waals surface area contributed by atoms with Gasteiger partial charge in [0.15, 0.2) is 0 Å². The van der Waals surface area contributed by atoms with Gasteiger partial charge in [0.2, 0.25) is 0 Å². The van der Waals surface area contributed by atoms with Crippen molar-refractivity contribution in [2.45, 2.75) is 25.0 Å². The molecule has 2 aromatic carbocycles. The van der Waals surface area contributed by atoms with Gasteiger partial charge in [-0.2, -0.15) is 5.26 Å². The molecule has 0 spiro atoms. The van der Waals surface area contributed by atoms with Gasteiger partial charge in [0.25, 0.3) is 11.5 Å². The first-order valence-electron chi connectivity index (χ1n) is 11.1. The van der Waals surface area contributed by atoms with E-state index in [1.165, 1.54) is 6.20 Å². The largest absolute Gasteiger partial charge is 0.490 e. The summed E-state index contributed by atoms with van der Waals surface area (Å²) in [5, 5.41) is 23.6. The number of aromatic nitrogens is 1. The smallest absolute Gasteiger partial charge is 0.255 e. The lowest BCUT2D eigenvalue weighted by molar-refractivity contribution is 0.0594. The van der Waals surface area contributed by atoms with E-state index in [-0.39, 0.29) is 24.1 Å². The van der Waals surface area contributed by atoms with Gasteiger partial charge in [0.05, 0.1) is 22.3 Å². The lowest BCUT2D eigenvalue weighted by Crippen LogP contribution is -2.45. The van der Waals surface area contributed by atoms with E-state index in [0.29, 0.717) is 39.2 Å². The molecule has 0 radical (unpaired) electrons. The van der Waals surface area contributed by atoms with Crippen molar-refractivity contribution in [1.29, 1.82) is 5.26 Å². The number of pyridine rings is 1. The summed E-state index contributed by atoms with van der Waals surface area (Å²) in [6, 6.07) is 14.0. The maximum absolute atomic E-state index is 12.6. The van der Waals surface area contributed by atoms with Gasteiger partial charge in [0.1, 0.15) is 17.9 Å². The van der Waals surface area contributed by atoms with Gasteiger partial charge in [-0.3, -0.25) is 9.59 Å². The highest BCUT2D eigenvalue weighted by molar-refractivity contribution is 6.31. The summed E-state index contributed by atoms with van der Waals surface area (Å²) in [4.78, 5) is 29.3. The second-order valence-electron chi connectivity index (χ2n) is 8.31. The van der Waals surface area contributed by atoms with Crippen LogP contribution in [0.2, 0.25) is 5.02 Å². The lowest BCUT2D eigenvalue weighted by atomic mass is 10.1. The van der Waals surface area contributed by atoms with Gasteiger partial charge in [-0.05, 0) is 31.0 Å². The average Bonchev–Trinajstić information content (AvgIpc) is 2.84. The highest BCUT2D eigenvalue weighted by Gasteiger charge is 2.23. The Kier molecular flexibility index (Phi) is 7.48. The molecule has 3 N–H and O–H groups in total. The monoisotopic (exact) mass is 480 g/mol. The fourth-order valence-corrected chi connectivity index (χ4v) is 4.34. The molecule has 9 heteroatoms. The minimum Gasteiger partial charge on any atom is -0.490 e. The second-order valence-corrected chi connectivity index (χ2v) is 8.72. The molecule has 2 heterocycles. The number of β-amino-alcohol motifs (C(OH)–C–C–N with tert-alkyl or cyclic N) is 1. The minimum absolute atomic E-state index is 0.0330. The first-order chi connectivity index (χ1) is 16.4. The van der Waals surface area contributed by atoms with E-state index < -0.39 is 6.10 Å². The molecule has 0 aliphatic carbocycles. The van der Waals surface area contributed by atoms with Gasteiger partial charge in [-0.25, -0.2) is 0 Å². The number of halogens is 1. The number of H-pyrrole nitrogens is 1. The number of aliphatic hydroxyl groups excluding tert-OH is 1. The van der Waals surface area contributed by atoms with E-state index in [0.717, 1.165) is 25.9 Å². The maximum Gasteiger partial charge on any atom is 0.255 e. The number of ether oxygens (including phenoxy) is 1. The van der Waals surface area contributed by atoms with Crippen molar-refractivity contribution < 1.29 is 14.6 Å². The third kappa shape index (κ3) is 5.57. The molecule has 0 bridgehead atoms. The lowest BCUT2D eigenvalue weighted by Gasteiger charge is -2.33. The molecule has 3 aromatic rings. The van der Waals surface area contributed by atoms with Gasteiger partial charge in [-0.1, -0.05) is 29.8 Å². The molecule has 176 valence electrons. The zero-order chi connectivity index (χ0) is 24.1. The van der Waals surface area contributed by atoms with E-state index in [1.807, 2.05) is 6.07 Å². The number of carbonyl (C=O) groups is 1. The van der Waals surface area contributed by atoms with Crippen LogP contribution in [0.5, 0.6) is 5.75 Å². The SMILES string of the molecule is N#Cc1ccc(OC2CCN(CC(O)CNC(=O)c3c[nH]c(=O)c4ccccc34)CC2)cc1Cl. The summed E-state index contributed by atoms with van der Waals surface area (Å²) in [7, 11) is 0. The van der Waals surface area contributed by atoms with E-state index in [9.17, 15) is 14.7 Å². The molecule has 8 nitrogen and oxygen atoms in total. The van der Waals surface area contributed by atoms with Crippen molar-refractivity contribution >= 4 is 28.3 Å². The first-order valence-corrected chi connectivity index (χ1v) is 11.5. The summed E-state index contributed by atoms with van der Waals surface area (Å²) in [6.07, 6.45) is 2.29. The van der Waals surface area contributed by atoms with Crippen molar-refractivity contribution in [2.75, 3.05) is 26.2 Å². The molecule has 1 fully saturated rings. The number of hydrogen-bond acceptors (Lipinski definition) is 6.